The van der Waals surface area contributed by atoms with Crippen molar-refractivity contribution in [3.05, 3.63) is 231 Å². The first-order valence-corrected chi connectivity index (χ1v) is 20.8. The molecule has 12 aromatic rings. The molecule has 0 atom stereocenters. The molecule has 3 heteroatoms. The highest BCUT2D eigenvalue weighted by Gasteiger charge is 2.22. The molecular formula is C58H38N2O. The first-order chi connectivity index (χ1) is 30.3. The Kier molecular flexibility index (Phi) is 8.17. The molecule has 0 saturated heterocycles. The lowest BCUT2D eigenvalue weighted by Gasteiger charge is -2.25. The molecule has 3 nitrogen and oxygen atoms in total. The van der Waals surface area contributed by atoms with Gasteiger partial charge in [0, 0.05) is 49.9 Å². The number of aromatic nitrogens is 1. The predicted molar refractivity (Wildman–Crippen MR) is 257 cm³/mol. The van der Waals surface area contributed by atoms with Crippen LogP contribution >= 0.6 is 0 Å². The van der Waals surface area contributed by atoms with E-state index in [1.165, 1.54) is 54.8 Å². The molecule has 0 radical (unpaired) electrons. The SMILES string of the molecule is c1ccc(-c2ccc(-c3ccc(N(c4ccccc4)c4ccc5oc6c(-c7cccc8c7c7ccccc7n8-c7ccccc7)cc7ccccc7c6c5c4)cc3)cc2)cc1. The Bertz CT molecular complexity index is 3550. The van der Waals surface area contributed by atoms with Gasteiger partial charge in [0.25, 0.3) is 0 Å². The Morgan fingerprint density at radius 1 is 0.344 bits per heavy atom. The van der Waals surface area contributed by atoms with Crippen molar-refractivity contribution in [2.45, 2.75) is 0 Å². The number of hydrogen-bond donors (Lipinski definition) is 0. The number of rotatable bonds is 7. The molecule has 12 rings (SSSR count). The Morgan fingerprint density at radius 3 is 1.64 bits per heavy atom. The van der Waals surface area contributed by atoms with E-state index < -0.39 is 0 Å². The molecular weight excluding hydrogens is 741 g/mol. The van der Waals surface area contributed by atoms with Crippen molar-refractivity contribution in [3.8, 4) is 39.1 Å². The van der Waals surface area contributed by atoms with Crippen molar-refractivity contribution in [2.75, 3.05) is 4.90 Å². The average Bonchev–Trinajstić information content (AvgIpc) is 3.89. The maximum absolute atomic E-state index is 7.02. The zero-order valence-corrected chi connectivity index (χ0v) is 33.2. The van der Waals surface area contributed by atoms with E-state index in [1.807, 2.05) is 0 Å². The number of benzene rings is 10. The van der Waals surface area contributed by atoms with Gasteiger partial charge in [0.15, 0.2) is 0 Å². The van der Waals surface area contributed by atoms with Crippen LogP contribution in [0, 0.1) is 0 Å². The molecule has 286 valence electrons. The summed E-state index contributed by atoms with van der Waals surface area (Å²) in [5.74, 6) is 0. The smallest absolute Gasteiger partial charge is 0.143 e. The summed E-state index contributed by atoms with van der Waals surface area (Å²) in [6.07, 6.45) is 0. The minimum atomic E-state index is 0.859. The van der Waals surface area contributed by atoms with E-state index in [2.05, 4.69) is 240 Å². The third-order valence-electron chi connectivity index (χ3n) is 12.2. The number of hydrogen-bond acceptors (Lipinski definition) is 2. The Hall–Kier alpha value is -8.14. The Morgan fingerprint density at radius 2 is 0.902 bits per heavy atom. The first-order valence-electron chi connectivity index (χ1n) is 20.8. The molecule has 2 heterocycles. The molecule has 0 aliphatic carbocycles. The van der Waals surface area contributed by atoms with Crippen LogP contribution in [0.5, 0.6) is 0 Å². The van der Waals surface area contributed by atoms with E-state index >= 15 is 0 Å². The second kappa shape index (κ2) is 14.3. The molecule has 0 aliphatic rings. The fraction of sp³-hybridized carbons (Fsp3) is 0. The zero-order valence-electron chi connectivity index (χ0n) is 33.2. The lowest BCUT2D eigenvalue weighted by atomic mass is 9.93. The summed E-state index contributed by atoms with van der Waals surface area (Å²) in [4.78, 5) is 2.34. The summed E-state index contributed by atoms with van der Waals surface area (Å²) in [5, 5.41) is 6.98. The van der Waals surface area contributed by atoms with Crippen LogP contribution in [0.3, 0.4) is 0 Å². The lowest BCUT2D eigenvalue weighted by molar-refractivity contribution is 0.670. The van der Waals surface area contributed by atoms with Crippen molar-refractivity contribution in [3.63, 3.8) is 0 Å². The van der Waals surface area contributed by atoms with Crippen LogP contribution in [0.15, 0.2) is 235 Å². The van der Waals surface area contributed by atoms with Crippen molar-refractivity contribution in [1.82, 2.24) is 4.57 Å². The van der Waals surface area contributed by atoms with Crippen LogP contribution in [0.1, 0.15) is 0 Å². The molecule has 0 amide bonds. The van der Waals surface area contributed by atoms with Crippen LogP contribution in [-0.2, 0) is 0 Å². The van der Waals surface area contributed by atoms with E-state index in [9.17, 15) is 0 Å². The second-order valence-corrected chi connectivity index (χ2v) is 15.7. The third kappa shape index (κ3) is 5.82. The fourth-order valence-corrected chi connectivity index (χ4v) is 9.37. The first kappa shape index (κ1) is 34.9. The predicted octanol–water partition coefficient (Wildman–Crippen LogP) is 16.3. The summed E-state index contributed by atoms with van der Waals surface area (Å²) in [6, 6.07) is 82.6. The summed E-state index contributed by atoms with van der Waals surface area (Å²) in [5.41, 5.74) is 15.5. The van der Waals surface area contributed by atoms with Crippen LogP contribution in [0.25, 0.3) is 93.6 Å². The molecule has 0 N–H and O–H groups in total. The van der Waals surface area contributed by atoms with Crippen LogP contribution < -0.4 is 4.90 Å². The van der Waals surface area contributed by atoms with E-state index in [0.717, 1.165) is 55.8 Å². The number of nitrogens with zero attached hydrogens (tertiary/aromatic N) is 2. The quantitative estimate of drug-likeness (QED) is 0.161. The summed E-state index contributed by atoms with van der Waals surface area (Å²) < 4.78 is 9.40. The van der Waals surface area contributed by atoms with Gasteiger partial charge in [-0.05, 0) is 111 Å². The highest BCUT2D eigenvalue weighted by molar-refractivity contribution is 6.25. The van der Waals surface area contributed by atoms with E-state index in [1.54, 1.807) is 0 Å². The number of furan rings is 1. The van der Waals surface area contributed by atoms with Gasteiger partial charge in [0.05, 0.1) is 11.0 Å². The van der Waals surface area contributed by atoms with E-state index in [4.69, 9.17) is 4.42 Å². The Balaban J connectivity index is 1.02. The van der Waals surface area contributed by atoms with Crippen molar-refractivity contribution < 1.29 is 4.42 Å². The number of fused-ring (bicyclic) bond motifs is 8. The van der Waals surface area contributed by atoms with Crippen molar-refractivity contribution in [1.29, 1.82) is 0 Å². The van der Waals surface area contributed by atoms with Crippen LogP contribution in [0.2, 0.25) is 0 Å². The second-order valence-electron chi connectivity index (χ2n) is 15.7. The van der Waals surface area contributed by atoms with Crippen molar-refractivity contribution in [2.24, 2.45) is 0 Å². The van der Waals surface area contributed by atoms with Gasteiger partial charge in [-0.25, -0.2) is 0 Å². The molecule has 10 aromatic carbocycles. The summed E-state index contributed by atoms with van der Waals surface area (Å²) in [7, 11) is 0. The third-order valence-corrected chi connectivity index (χ3v) is 12.2. The van der Waals surface area contributed by atoms with Crippen LogP contribution in [-0.4, -0.2) is 4.57 Å². The van der Waals surface area contributed by atoms with Gasteiger partial charge < -0.3 is 13.9 Å². The van der Waals surface area contributed by atoms with Gasteiger partial charge in [0.1, 0.15) is 11.2 Å². The molecule has 61 heavy (non-hydrogen) atoms. The van der Waals surface area contributed by atoms with E-state index in [-0.39, 0.29) is 0 Å². The number of para-hydroxylation sites is 3. The molecule has 0 bridgehead atoms. The average molecular weight is 779 g/mol. The van der Waals surface area contributed by atoms with Gasteiger partial charge in [-0.1, -0.05) is 158 Å². The van der Waals surface area contributed by atoms with Crippen LogP contribution in [0.4, 0.5) is 17.1 Å². The standard InChI is InChI=1S/C58H38N2O/c1-4-15-39(16-5-1)40-27-29-41(30-28-40)42-31-33-46(34-32-42)59(44-18-6-2-7-19-44)47-35-36-55-52(38-47)57-48-22-11-10-17-43(48)37-51(58(57)61-55)49-24-14-26-54-56(49)50-23-12-13-25-53(50)60(54)45-20-8-3-9-21-45/h1-38H. The highest BCUT2D eigenvalue weighted by Crippen LogP contribution is 2.47. The fourth-order valence-electron chi connectivity index (χ4n) is 9.37. The summed E-state index contributed by atoms with van der Waals surface area (Å²) in [6.45, 7) is 0. The highest BCUT2D eigenvalue weighted by atomic mass is 16.3. The molecule has 0 saturated carbocycles. The van der Waals surface area contributed by atoms with Gasteiger partial charge in [-0.15, -0.1) is 0 Å². The maximum atomic E-state index is 7.02. The molecule has 2 aromatic heterocycles. The van der Waals surface area contributed by atoms with Crippen molar-refractivity contribution >= 4 is 71.6 Å². The molecule has 0 fully saturated rings. The maximum Gasteiger partial charge on any atom is 0.143 e. The number of anilines is 3. The zero-order chi connectivity index (χ0) is 40.3. The van der Waals surface area contributed by atoms with Gasteiger partial charge in [-0.3, -0.25) is 0 Å². The minimum absolute atomic E-state index is 0.859. The minimum Gasteiger partial charge on any atom is -0.455 e. The largest absolute Gasteiger partial charge is 0.455 e. The molecule has 0 aliphatic heterocycles. The topological polar surface area (TPSA) is 21.3 Å². The summed E-state index contributed by atoms with van der Waals surface area (Å²) >= 11 is 0. The molecule has 0 unspecified atom stereocenters. The molecule has 0 spiro atoms. The van der Waals surface area contributed by atoms with Gasteiger partial charge in [0.2, 0.25) is 0 Å². The monoisotopic (exact) mass is 778 g/mol. The van der Waals surface area contributed by atoms with Gasteiger partial charge in [-0.2, -0.15) is 0 Å². The normalized spacial score (nSPS) is 11.6. The Labute approximate surface area is 353 Å². The van der Waals surface area contributed by atoms with Gasteiger partial charge >= 0.3 is 0 Å². The van der Waals surface area contributed by atoms with E-state index in [0.29, 0.717) is 0 Å². The lowest BCUT2D eigenvalue weighted by Crippen LogP contribution is -2.09.